The summed E-state index contributed by atoms with van der Waals surface area (Å²) in [7, 11) is 0. The van der Waals surface area contributed by atoms with Crippen LogP contribution in [0.3, 0.4) is 0 Å². The summed E-state index contributed by atoms with van der Waals surface area (Å²) in [5.41, 5.74) is -0.488. The Bertz CT molecular complexity index is 579. The van der Waals surface area contributed by atoms with Gasteiger partial charge in [0.15, 0.2) is 5.78 Å². The quantitative estimate of drug-likeness (QED) is 0.845. The van der Waals surface area contributed by atoms with Crippen molar-refractivity contribution in [1.29, 1.82) is 0 Å². The number of rotatable bonds is 2. The fourth-order valence-corrected chi connectivity index (χ4v) is 3.89. The standard InChI is InChI=1S/C16H18ClNO2/c1-15(2)10-7-8-16(9-10,13(15)19)14(20)18-12-5-3-11(17)4-6-12/h3-6,10H,7-9H2,1-2H3,(H,18,20). The Morgan fingerprint density at radius 1 is 1.30 bits per heavy atom. The van der Waals surface area contributed by atoms with Crippen molar-refractivity contribution < 1.29 is 9.59 Å². The molecule has 3 rings (SSSR count). The van der Waals surface area contributed by atoms with Gasteiger partial charge >= 0.3 is 0 Å². The number of ketones is 1. The average molecular weight is 292 g/mol. The third-order valence-electron chi connectivity index (χ3n) is 5.09. The number of amides is 1. The lowest BCUT2D eigenvalue weighted by atomic mass is 9.70. The monoisotopic (exact) mass is 291 g/mol. The second-order valence-corrected chi connectivity index (χ2v) is 6.97. The Balaban J connectivity index is 1.84. The first-order chi connectivity index (χ1) is 9.36. The molecular weight excluding hydrogens is 274 g/mol. The van der Waals surface area contributed by atoms with Gasteiger partial charge in [-0.25, -0.2) is 0 Å². The number of hydrogen-bond acceptors (Lipinski definition) is 2. The second-order valence-electron chi connectivity index (χ2n) is 6.53. The third-order valence-corrected chi connectivity index (χ3v) is 5.34. The Labute approximate surface area is 123 Å². The van der Waals surface area contributed by atoms with Crippen molar-refractivity contribution in [3.05, 3.63) is 29.3 Å². The van der Waals surface area contributed by atoms with Crippen molar-refractivity contribution in [3.8, 4) is 0 Å². The summed E-state index contributed by atoms with van der Waals surface area (Å²) in [5, 5.41) is 3.50. The van der Waals surface area contributed by atoms with Crippen LogP contribution >= 0.6 is 11.6 Å². The van der Waals surface area contributed by atoms with E-state index < -0.39 is 5.41 Å². The lowest BCUT2D eigenvalue weighted by Gasteiger charge is -2.32. The van der Waals surface area contributed by atoms with Gasteiger partial charge in [0.1, 0.15) is 5.41 Å². The first kappa shape index (κ1) is 13.6. The lowest BCUT2D eigenvalue weighted by Crippen LogP contribution is -2.44. The Hall–Kier alpha value is -1.35. The van der Waals surface area contributed by atoms with E-state index in [0.29, 0.717) is 29.5 Å². The second kappa shape index (κ2) is 4.32. The highest BCUT2D eigenvalue weighted by atomic mass is 35.5. The molecule has 4 heteroatoms. The lowest BCUT2D eigenvalue weighted by molar-refractivity contribution is -0.142. The van der Waals surface area contributed by atoms with E-state index in [-0.39, 0.29) is 17.1 Å². The molecule has 1 aromatic carbocycles. The zero-order valence-electron chi connectivity index (χ0n) is 11.7. The zero-order valence-corrected chi connectivity index (χ0v) is 12.5. The van der Waals surface area contributed by atoms with Crippen molar-refractivity contribution in [1.82, 2.24) is 0 Å². The number of benzene rings is 1. The summed E-state index contributed by atoms with van der Waals surface area (Å²) in [6.45, 7) is 3.94. The van der Waals surface area contributed by atoms with Gasteiger partial charge in [0.2, 0.25) is 5.91 Å². The molecule has 2 bridgehead atoms. The molecule has 0 saturated heterocycles. The summed E-state index contributed by atoms with van der Waals surface area (Å²) in [6.07, 6.45) is 2.34. The molecule has 106 valence electrons. The summed E-state index contributed by atoms with van der Waals surface area (Å²) < 4.78 is 0. The SMILES string of the molecule is CC1(C)C(=O)C2(C(=O)Nc3ccc(Cl)cc3)CCC1C2. The summed E-state index contributed by atoms with van der Waals surface area (Å²) >= 11 is 5.83. The molecule has 20 heavy (non-hydrogen) atoms. The maximum Gasteiger partial charge on any atom is 0.238 e. The van der Waals surface area contributed by atoms with Gasteiger partial charge in [-0.05, 0) is 49.4 Å². The van der Waals surface area contributed by atoms with Crippen LogP contribution in [0.1, 0.15) is 33.1 Å². The minimum absolute atomic E-state index is 0.104. The van der Waals surface area contributed by atoms with E-state index in [1.54, 1.807) is 24.3 Å². The molecule has 2 aliphatic carbocycles. The topological polar surface area (TPSA) is 46.2 Å². The number of fused-ring (bicyclic) bond motifs is 2. The molecule has 0 radical (unpaired) electrons. The van der Waals surface area contributed by atoms with E-state index in [0.717, 1.165) is 6.42 Å². The van der Waals surface area contributed by atoms with Gasteiger partial charge in [-0.1, -0.05) is 25.4 Å². The van der Waals surface area contributed by atoms with E-state index >= 15 is 0 Å². The van der Waals surface area contributed by atoms with Crippen LogP contribution in [0, 0.1) is 16.7 Å². The molecule has 0 spiro atoms. The molecule has 2 fully saturated rings. The van der Waals surface area contributed by atoms with Gasteiger partial charge in [-0.3, -0.25) is 9.59 Å². The Morgan fingerprint density at radius 2 is 1.95 bits per heavy atom. The van der Waals surface area contributed by atoms with Crippen LogP contribution in [-0.2, 0) is 9.59 Å². The maximum atomic E-state index is 12.6. The zero-order chi connectivity index (χ0) is 14.5. The predicted molar refractivity (Wildman–Crippen MR) is 78.6 cm³/mol. The predicted octanol–water partition coefficient (Wildman–Crippen LogP) is 3.67. The van der Waals surface area contributed by atoms with Gasteiger partial charge in [-0.2, -0.15) is 0 Å². The first-order valence-corrected chi connectivity index (χ1v) is 7.36. The van der Waals surface area contributed by atoms with Crippen molar-refractivity contribution in [2.75, 3.05) is 5.32 Å². The van der Waals surface area contributed by atoms with Crippen molar-refractivity contribution in [2.45, 2.75) is 33.1 Å². The Kier molecular flexibility index (Phi) is 2.94. The largest absolute Gasteiger partial charge is 0.325 e. The minimum Gasteiger partial charge on any atom is -0.325 e. The van der Waals surface area contributed by atoms with Crippen molar-refractivity contribution >= 4 is 29.0 Å². The fraction of sp³-hybridized carbons (Fsp3) is 0.500. The highest BCUT2D eigenvalue weighted by Gasteiger charge is 2.64. The van der Waals surface area contributed by atoms with Gasteiger partial charge < -0.3 is 5.32 Å². The number of carbonyl (C=O) groups excluding carboxylic acids is 2. The van der Waals surface area contributed by atoms with E-state index in [1.807, 2.05) is 13.8 Å². The van der Waals surface area contributed by atoms with Crippen molar-refractivity contribution in [2.24, 2.45) is 16.7 Å². The molecule has 1 N–H and O–H groups in total. The van der Waals surface area contributed by atoms with Crippen LogP contribution in [0.25, 0.3) is 0 Å². The van der Waals surface area contributed by atoms with Crippen LogP contribution < -0.4 is 5.32 Å². The van der Waals surface area contributed by atoms with E-state index in [1.165, 1.54) is 0 Å². The highest BCUT2D eigenvalue weighted by Crippen LogP contribution is 2.60. The number of Topliss-reactive ketones (excluding diaryl/α,β-unsaturated/α-hetero) is 1. The Morgan fingerprint density at radius 3 is 2.50 bits per heavy atom. The van der Waals surface area contributed by atoms with Crippen LogP contribution in [-0.4, -0.2) is 11.7 Å². The van der Waals surface area contributed by atoms with Crippen molar-refractivity contribution in [3.63, 3.8) is 0 Å². The molecule has 2 unspecified atom stereocenters. The number of hydrogen-bond donors (Lipinski definition) is 1. The molecule has 1 aromatic rings. The average Bonchev–Trinajstić information content (AvgIpc) is 2.93. The number of anilines is 1. The summed E-state index contributed by atoms with van der Waals surface area (Å²) in [6, 6.07) is 6.97. The van der Waals surface area contributed by atoms with Crippen LogP contribution in [0.4, 0.5) is 5.69 Å². The normalized spacial score (nSPS) is 30.6. The molecule has 3 nitrogen and oxygen atoms in total. The van der Waals surface area contributed by atoms with Crippen LogP contribution in [0.5, 0.6) is 0 Å². The molecule has 2 aliphatic rings. The van der Waals surface area contributed by atoms with E-state index in [9.17, 15) is 9.59 Å². The van der Waals surface area contributed by atoms with Gasteiger partial charge in [0.25, 0.3) is 0 Å². The molecule has 2 saturated carbocycles. The van der Waals surface area contributed by atoms with Crippen LogP contribution in [0.15, 0.2) is 24.3 Å². The number of halogens is 1. The van der Waals surface area contributed by atoms with E-state index in [2.05, 4.69) is 5.32 Å². The smallest absolute Gasteiger partial charge is 0.238 e. The van der Waals surface area contributed by atoms with Gasteiger partial charge in [-0.15, -0.1) is 0 Å². The molecular formula is C16H18ClNO2. The summed E-state index contributed by atoms with van der Waals surface area (Å²) in [5.74, 6) is 0.288. The highest BCUT2D eigenvalue weighted by molar-refractivity contribution is 6.30. The van der Waals surface area contributed by atoms with Crippen LogP contribution in [0.2, 0.25) is 5.02 Å². The number of carbonyl (C=O) groups is 2. The molecule has 0 aromatic heterocycles. The molecule has 0 aliphatic heterocycles. The molecule has 0 heterocycles. The summed E-state index contributed by atoms with van der Waals surface area (Å²) in [4.78, 5) is 25.2. The molecule has 1 amide bonds. The first-order valence-electron chi connectivity index (χ1n) is 6.98. The van der Waals surface area contributed by atoms with Gasteiger partial charge in [0, 0.05) is 16.1 Å². The molecule has 2 atom stereocenters. The number of nitrogens with one attached hydrogen (secondary N) is 1. The van der Waals surface area contributed by atoms with E-state index in [4.69, 9.17) is 11.6 Å². The maximum absolute atomic E-state index is 12.6. The fourth-order valence-electron chi connectivity index (χ4n) is 3.76. The van der Waals surface area contributed by atoms with Gasteiger partial charge in [0.05, 0.1) is 0 Å². The minimum atomic E-state index is -0.812. The third kappa shape index (κ3) is 1.80.